The molecule has 1 aliphatic rings. The van der Waals surface area contributed by atoms with Crippen molar-refractivity contribution in [3.8, 4) is 17.2 Å². The lowest BCUT2D eigenvalue weighted by atomic mass is 10.1. The number of nitrogens with zero attached hydrogens (tertiary/aromatic N) is 3. The van der Waals surface area contributed by atoms with Crippen molar-refractivity contribution in [3.05, 3.63) is 58.9 Å². The van der Waals surface area contributed by atoms with Gasteiger partial charge in [0.2, 0.25) is 12.7 Å². The van der Waals surface area contributed by atoms with Crippen LogP contribution in [0.5, 0.6) is 11.5 Å². The fraction of sp³-hybridized carbons (Fsp3) is 0.238. The number of ether oxygens (including phenoxy) is 2. The van der Waals surface area contributed by atoms with Crippen LogP contribution < -0.4 is 14.8 Å². The van der Waals surface area contributed by atoms with Gasteiger partial charge >= 0.3 is 0 Å². The largest absolute Gasteiger partial charge is 0.454 e. The van der Waals surface area contributed by atoms with Gasteiger partial charge in [-0.15, -0.1) is 10.2 Å². The number of carbonyl (C=O) groups is 2. The van der Waals surface area contributed by atoms with Crippen molar-refractivity contribution < 1.29 is 19.1 Å². The minimum absolute atomic E-state index is 0.0401. The second-order valence-corrected chi connectivity index (χ2v) is 8.10. The smallest absolute Gasteiger partial charge is 0.231 e. The van der Waals surface area contributed by atoms with E-state index in [0.29, 0.717) is 46.0 Å². The van der Waals surface area contributed by atoms with Crippen LogP contribution in [0, 0.1) is 0 Å². The highest BCUT2D eigenvalue weighted by molar-refractivity contribution is 7.99. The van der Waals surface area contributed by atoms with Crippen molar-refractivity contribution in [2.24, 2.45) is 0 Å². The van der Waals surface area contributed by atoms with E-state index in [1.807, 2.05) is 22.8 Å². The molecule has 0 bridgehead atoms. The Labute approximate surface area is 187 Å². The number of amides is 1. The van der Waals surface area contributed by atoms with Gasteiger partial charge in [0.1, 0.15) is 5.82 Å². The first-order valence-electron chi connectivity index (χ1n) is 9.51. The molecule has 1 aromatic heterocycles. The van der Waals surface area contributed by atoms with Crippen LogP contribution >= 0.6 is 23.4 Å². The molecule has 0 saturated heterocycles. The van der Waals surface area contributed by atoms with Crippen LogP contribution in [0.4, 0.5) is 0 Å². The maximum Gasteiger partial charge on any atom is 0.231 e. The van der Waals surface area contributed by atoms with E-state index in [1.54, 1.807) is 24.3 Å². The molecule has 0 atom stereocenters. The first kappa shape index (κ1) is 21.2. The third-order valence-corrected chi connectivity index (χ3v) is 5.72. The monoisotopic (exact) mass is 458 g/mol. The van der Waals surface area contributed by atoms with Gasteiger partial charge in [-0.3, -0.25) is 14.2 Å². The molecule has 160 valence electrons. The van der Waals surface area contributed by atoms with E-state index in [-0.39, 0.29) is 24.2 Å². The molecule has 4 rings (SSSR count). The average molecular weight is 459 g/mol. The van der Waals surface area contributed by atoms with Crippen LogP contribution in [-0.2, 0) is 11.2 Å². The van der Waals surface area contributed by atoms with E-state index in [4.69, 9.17) is 21.1 Å². The predicted molar refractivity (Wildman–Crippen MR) is 116 cm³/mol. The lowest BCUT2D eigenvalue weighted by Gasteiger charge is -2.11. The molecule has 3 aromatic rings. The van der Waals surface area contributed by atoms with Crippen molar-refractivity contribution in [2.75, 3.05) is 19.1 Å². The van der Waals surface area contributed by atoms with Gasteiger partial charge in [-0.05, 0) is 36.4 Å². The maximum absolute atomic E-state index is 12.6. The van der Waals surface area contributed by atoms with E-state index >= 15 is 0 Å². The van der Waals surface area contributed by atoms with Gasteiger partial charge < -0.3 is 14.8 Å². The number of nitrogens with one attached hydrogen (secondary N) is 1. The van der Waals surface area contributed by atoms with E-state index in [0.717, 1.165) is 5.69 Å². The van der Waals surface area contributed by atoms with Gasteiger partial charge in [0.15, 0.2) is 22.4 Å². The Kier molecular flexibility index (Phi) is 6.43. The van der Waals surface area contributed by atoms with Gasteiger partial charge in [-0.1, -0.05) is 23.4 Å². The van der Waals surface area contributed by atoms with Crippen LogP contribution in [0.1, 0.15) is 23.1 Å². The van der Waals surface area contributed by atoms with Gasteiger partial charge in [-0.25, -0.2) is 0 Å². The minimum atomic E-state index is -0.114. The topological polar surface area (TPSA) is 95.3 Å². The Morgan fingerprint density at radius 2 is 1.90 bits per heavy atom. The molecule has 1 aliphatic heterocycles. The number of hydrogen-bond donors (Lipinski definition) is 1. The molecule has 2 aromatic carbocycles. The fourth-order valence-corrected chi connectivity index (χ4v) is 4.03. The summed E-state index contributed by atoms with van der Waals surface area (Å²) >= 11 is 7.19. The van der Waals surface area contributed by atoms with Crippen molar-refractivity contribution in [1.82, 2.24) is 20.1 Å². The third kappa shape index (κ3) is 5.00. The predicted octanol–water partition coefficient (Wildman–Crippen LogP) is 3.30. The van der Waals surface area contributed by atoms with E-state index < -0.39 is 0 Å². The molecule has 0 spiro atoms. The molecule has 0 fully saturated rings. The van der Waals surface area contributed by atoms with E-state index in [9.17, 15) is 9.59 Å². The Balaban J connectivity index is 1.57. The number of thioether (sulfide) groups is 1. The summed E-state index contributed by atoms with van der Waals surface area (Å²) in [4.78, 5) is 23.8. The third-order valence-electron chi connectivity index (χ3n) is 4.54. The molecule has 8 nitrogen and oxygen atoms in total. The number of Topliss-reactive ketones (excluding diaryl/α,β-unsaturated/α-hetero) is 1. The standard InChI is InChI=1S/C21H19ClN4O4S/c1-13(27)23-9-8-20-24-25-21(31-11-17(28)14-2-4-15(22)5-3-14)26(20)16-6-7-18-19(10-16)30-12-29-18/h2-7,10H,8-9,11-12H2,1H3,(H,23,27). The Bertz CT molecular complexity index is 1120. The Hall–Kier alpha value is -3.04. The molecule has 0 saturated carbocycles. The molecular formula is C21H19ClN4O4S. The summed E-state index contributed by atoms with van der Waals surface area (Å²) in [5.41, 5.74) is 1.37. The van der Waals surface area contributed by atoms with Gasteiger partial charge in [0.25, 0.3) is 0 Å². The highest BCUT2D eigenvalue weighted by Crippen LogP contribution is 2.35. The average Bonchev–Trinajstić information content (AvgIpc) is 3.38. The van der Waals surface area contributed by atoms with Crippen LogP contribution in [0.2, 0.25) is 5.02 Å². The van der Waals surface area contributed by atoms with Crippen LogP contribution in [0.3, 0.4) is 0 Å². The number of hydrogen-bond acceptors (Lipinski definition) is 7. The number of ketones is 1. The summed E-state index contributed by atoms with van der Waals surface area (Å²) in [6.45, 7) is 2.06. The number of halogens is 1. The normalized spacial score (nSPS) is 12.1. The van der Waals surface area contributed by atoms with Crippen molar-refractivity contribution in [1.29, 1.82) is 0 Å². The van der Waals surface area contributed by atoms with Crippen LogP contribution in [0.15, 0.2) is 47.6 Å². The lowest BCUT2D eigenvalue weighted by molar-refractivity contribution is -0.118. The second-order valence-electron chi connectivity index (χ2n) is 6.72. The molecule has 10 heteroatoms. The number of fused-ring (bicyclic) bond motifs is 1. The van der Waals surface area contributed by atoms with Gasteiger partial charge in [0.05, 0.1) is 11.4 Å². The summed E-state index contributed by atoms with van der Waals surface area (Å²) in [6.07, 6.45) is 0.479. The zero-order valence-corrected chi connectivity index (χ0v) is 18.2. The van der Waals surface area contributed by atoms with Gasteiger partial charge in [-0.2, -0.15) is 0 Å². The quantitative estimate of drug-likeness (QED) is 0.408. The van der Waals surface area contributed by atoms with Crippen molar-refractivity contribution in [3.63, 3.8) is 0 Å². The lowest BCUT2D eigenvalue weighted by Crippen LogP contribution is -2.23. The molecule has 2 heterocycles. The summed E-state index contributed by atoms with van der Waals surface area (Å²) in [6, 6.07) is 12.3. The number of rotatable bonds is 8. The molecule has 1 N–H and O–H groups in total. The Morgan fingerprint density at radius 1 is 1.13 bits per heavy atom. The van der Waals surface area contributed by atoms with Crippen LogP contribution in [-0.4, -0.2) is 45.5 Å². The summed E-state index contributed by atoms with van der Waals surface area (Å²) in [7, 11) is 0. The molecule has 0 unspecified atom stereocenters. The first-order valence-corrected chi connectivity index (χ1v) is 10.9. The fourth-order valence-electron chi connectivity index (χ4n) is 3.04. The minimum Gasteiger partial charge on any atom is -0.454 e. The summed E-state index contributed by atoms with van der Waals surface area (Å²) in [5, 5.41) is 12.5. The Morgan fingerprint density at radius 3 is 2.68 bits per heavy atom. The highest BCUT2D eigenvalue weighted by atomic mass is 35.5. The maximum atomic E-state index is 12.6. The zero-order valence-electron chi connectivity index (χ0n) is 16.6. The molecule has 1 amide bonds. The summed E-state index contributed by atoms with van der Waals surface area (Å²) in [5.74, 6) is 2.00. The number of benzene rings is 2. The molecular weight excluding hydrogens is 440 g/mol. The highest BCUT2D eigenvalue weighted by Gasteiger charge is 2.20. The van der Waals surface area contributed by atoms with Crippen molar-refractivity contribution >= 4 is 35.1 Å². The first-order chi connectivity index (χ1) is 15.0. The van der Waals surface area contributed by atoms with Crippen molar-refractivity contribution in [2.45, 2.75) is 18.5 Å². The number of carbonyl (C=O) groups excluding carboxylic acids is 2. The second kappa shape index (κ2) is 9.40. The van der Waals surface area contributed by atoms with E-state index in [2.05, 4.69) is 15.5 Å². The molecule has 31 heavy (non-hydrogen) atoms. The summed E-state index contributed by atoms with van der Waals surface area (Å²) < 4.78 is 12.7. The number of aromatic nitrogens is 3. The van der Waals surface area contributed by atoms with Gasteiger partial charge in [0, 0.05) is 36.5 Å². The van der Waals surface area contributed by atoms with Crippen LogP contribution in [0.25, 0.3) is 5.69 Å². The SMILES string of the molecule is CC(=O)NCCc1nnc(SCC(=O)c2ccc(Cl)cc2)n1-c1ccc2c(c1)OCO2. The molecule has 0 aliphatic carbocycles. The molecule has 0 radical (unpaired) electrons. The van der Waals surface area contributed by atoms with E-state index in [1.165, 1.54) is 18.7 Å². The zero-order chi connectivity index (χ0) is 21.8.